The van der Waals surface area contributed by atoms with E-state index in [-0.39, 0.29) is 6.54 Å². The van der Waals surface area contributed by atoms with E-state index in [1.54, 1.807) is 0 Å². The zero-order chi connectivity index (χ0) is 10.7. The molecule has 1 aliphatic rings. The van der Waals surface area contributed by atoms with E-state index in [9.17, 15) is 4.79 Å². The number of aliphatic carboxylic acids is 1. The Balaban J connectivity index is 2.54. The lowest BCUT2D eigenvalue weighted by atomic mass is 10.1. The molecule has 1 saturated heterocycles. The van der Waals surface area contributed by atoms with Crippen molar-refractivity contribution >= 4 is 17.7 Å². The van der Waals surface area contributed by atoms with Crippen LogP contribution in [0.5, 0.6) is 0 Å². The molecule has 1 aliphatic heterocycles. The standard InChI is InChI=1S/C10H19NO2S/c1-7(2)11(5-10(12)13)9-4-8(3)14-6-9/h7-9H,4-6H2,1-3H3,(H,12,13). The summed E-state index contributed by atoms with van der Waals surface area (Å²) >= 11 is 1.94. The van der Waals surface area contributed by atoms with Crippen LogP contribution in [0.4, 0.5) is 0 Å². The van der Waals surface area contributed by atoms with Gasteiger partial charge in [0.1, 0.15) is 0 Å². The molecule has 0 aromatic rings. The molecular weight excluding hydrogens is 198 g/mol. The Labute approximate surface area is 89.9 Å². The van der Waals surface area contributed by atoms with Gasteiger partial charge in [-0.1, -0.05) is 6.92 Å². The van der Waals surface area contributed by atoms with E-state index in [4.69, 9.17) is 5.11 Å². The third-order valence-corrected chi connectivity index (χ3v) is 3.97. The highest BCUT2D eigenvalue weighted by atomic mass is 32.2. The van der Waals surface area contributed by atoms with Crippen molar-refractivity contribution < 1.29 is 9.90 Å². The summed E-state index contributed by atoms with van der Waals surface area (Å²) in [5.74, 6) is 0.357. The molecule has 3 nitrogen and oxygen atoms in total. The molecule has 2 atom stereocenters. The van der Waals surface area contributed by atoms with Crippen molar-refractivity contribution in [3.8, 4) is 0 Å². The van der Waals surface area contributed by atoms with Gasteiger partial charge in [0.25, 0.3) is 0 Å². The lowest BCUT2D eigenvalue weighted by Gasteiger charge is -2.30. The molecule has 0 saturated carbocycles. The zero-order valence-electron chi connectivity index (χ0n) is 9.06. The van der Waals surface area contributed by atoms with Gasteiger partial charge in [-0.2, -0.15) is 11.8 Å². The first-order chi connectivity index (χ1) is 6.50. The number of carboxylic acids is 1. The smallest absolute Gasteiger partial charge is 0.317 e. The molecule has 82 valence electrons. The second-order valence-corrected chi connectivity index (χ2v) is 5.66. The predicted octanol–water partition coefficient (Wildman–Crippen LogP) is 1.68. The first-order valence-electron chi connectivity index (χ1n) is 5.10. The van der Waals surface area contributed by atoms with Crippen LogP contribution < -0.4 is 0 Å². The zero-order valence-corrected chi connectivity index (χ0v) is 9.88. The second-order valence-electron chi connectivity index (χ2n) is 4.19. The lowest BCUT2D eigenvalue weighted by molar-refractivity contribution is -0.139. The Morgan fingerprint density at radius 2 is 2.29 bits per heavy atom. The van der Waals surface area contributed by atoms with Crippen LogP contribution in [0.3, 0.4) is 0 Å². The van der Waals surface area contributed by atoms with Crippen molar-refractivity contribution in [3.05, 3.63) is 0 Å². The summed E-state index contributed by atoms with van der Waals surface area (Å²) in [7, 11) is 0. The van der Waals surface area contributed by atoms with Gasteiger partial charge in [0.05, 0.1) is 6.54 Å². The van der Waals surface area contributed by atoms with E-state index >= 15 is 0 Å². The molecule has 0 bridgehead atoms. The van der Waals surface area contributed by atoms with Gasteiger partial charge in [-0.05, 0) is 20.3 Å². The number of nitrogens with zero attached hydrogens (tertiary/aromatic N) is 1. The molecule has 1 N–H and O–H groups in total. The number of carboxylic acid groups (broad SMARTS) is 1. The molecule has 1 rings (SSSR count). The highest BCUT2D eigenvalue weighted by Crippen LogP contribution is 2.30. The van der Waals surface area contributed by atoms with E-state index in [1.165, 1.54) is 0 Å². The minimum absolute atomic E-state index is 0.176. The maximum atomic E-state index is 10.7. The SMILES string of the molecule is CC1CC(N(CC(=O)O)C(C)C)CS1. The van der Waals surface area contributed by atoms with Crippen LogP contribution in [-0.2, 0) is 4.79 Å². The van der Waals surface area contributed by atoms with Crippen molar-refractivity contribution in [2.24, 2.45) is 0 Å². The van der Waals surface area contributed by atoms with Gasteiger partial charge < -0.3 is 5.11 Å². The average molecular weight is 217 g/mol. The summed E-state index contributed by atoms with van der Waals surface area (Å²) in [5.41, 5.74) is 0. The fourth-order valence-corrected chi connectivity index (χ4v) is 3.15. The molecule has 0 aromatic heterocycles. The maximum Gasteiger partial charge on any atom is 0.317 e. The quantitative estimate of drug-likeness (QED) is 0.778. The van der Waals surface area contributed by atoms with Crippen LogP contribution in [-0.4, -0.2) is 45.6 Å². The number of thioether (sulfide) groups is 1. The molecule has 2 unspecified atom stereocenters. The number of hydrogen-bond donors (Lipinski definition) is 1. The predicted molar refractivity (Wildman–Crippen MR) is 59.8 cm³/mol. The van der Waals surface area contributed by atoms with E-state index in [1.807, 2.05) is 11.8 Å². The van der Waals surface area contributed by atoms with Gasteiger partial charge in [-0.3, -0.25) is 9.69 Å². The van der Waals surface area contributed by atoms with E-state index in [0.717, 1.165) is 12.2 Å². The Morgan fingerprint density at radius 1 is 1.64 bits per heavy atom. The Kier molecular flexibility index (Phi) is 4.26. The first-order valence-corrected chi connectivity index (χ1v) is 6.14. The highest BCUT2D eigenvalue weighted by Gasteiger charge is 2.29. The molecule has 14 heavy (non-hydrogen) atoms. The summed E-state index contributed by atoms with van der Waals surface area (Å²) in [6, 6.07) is 0.771. The second kappa shape index (κ2) is 5.03. The molecule has 0 aliphatic carbocycles. The molecular formula is C10H19NO2S. The van der Waals surface area contributed by atoms with Crippen molar-refractivity contribution in [3.63, 3.8) is 0 Å². The van der Waals surface area contributed by atoms with Crippen molar-refractivity contribution in [1.82, 2.24) is 4.90 Å². The molecule has 1 heterocycles. The van der Waals surface area contributed by atoms with E-state index in [0.29, 0.717) is 17.3 Å². The van der Waals surface area contributed by atoms with Crippen molar-refractivity contribution in [2.45, 2.75) is 44.5 Å². The summed E-state index contributed by atoms with van der Waals surface area (Å²) in [4.78, 5) is 12.8. The molecule has 0 amide bonds. The van der Waals surface area contributed by atoms with Crippen LogP contribution in [0.1, 0.15) is 27.2 Å². The number of carbonyl (C=O) groups is 1. The normalized spacial score (nSPS) is 27.5. The average Bonchev–Trinajstić information content (AvgIpc) is 2.46. The lowest BCUT2D eigenvalue weighted by Crippen LogP contribution is -2.43. The number of rotatable bonds is 4. The van der Waals surface area contributed by atoms with Gasteiger partial charge in [0.2, 0.25) is 0 Å². The van der Waals surface area contributed by atoms with Crippen LogP contribution >= 0.6 is 11.8 Å². The monoisotopic (exact) mass is 217 g/mol. The largest absolute Gasteiger partial charge is 0.480 e. The van der Waals surface area contributed by atoms with Crippen LogP contribution in [0, 0.1) is 0 Å². The van der Waals surface area contributed by atoms with Gasteiger partial charge in [0.15, 0.2) is 0 Å². The summed E-state index contributed by atoms with van der Waals surface area (Å²) in [5, 5.41) is 9.49. The van der Waals surface area contributed by atoms with Crippen LogP contribution in [0.15, 0.2) is 0 Å². The first kappa shape index (κ1) is 11.9. The van der Waals surface area contributed by atoms with Crippen molar-refractivity contribution in [1.29, 1.82) is 0 Å². The summed E-state index contributed by atoms with van der Waals surface area (Å²) < 4.78 is 0. The van der Waals surface area contributed by atoms with E-state index in [2.05, 4.69) is 25.7 Å². The number of hydrogen-bond acceptors (Lipinski definition) is 3. The molecule has 1 fully saturated rings. The minimum atomic E-state index is -0.719. The minimum Gasteiger partial charge on any atom is -0.480 e. The van der Waals surface area contributed by atoms with E-state index < -0.39 is 5.97 Å². The molecule has 0 radical (unpaired) electrons. The molecule has 0 spiro atoms. The third-order valence-electron chi connectivity index (χ3n) is 2.63. The van der Waals surface area contributed by atoms with Crippen molar-refractivity contribution in [2.75, 3.05) is 12.3 Å². The highest BCUT2D eigenvalue weighted by molar-refractivity contribution is 8.00. The maximum absolute atomic E-state index is 10.7. The Morgan fingerprint density at radius 3 is 2.64 bits per heavy atom. The Bertz CT molecular complexity index is 208. The summed E-state index contributed by atoms with van der Waals surface area (Å²) in [6.07, 6.45) is 1.12. The fraction of sp³-hybridized carbons (Fsp3) is 0.900. The molecule has 4 heteroatoms. The van der Waals surface area contributed by atoms with Crippen LogP contribution in [0.2, 0.25) is 0 Å². The van der Waals surface area contributed by atoms with Crippen LogP contribution in [0.25, 0.3) is 0 Å². The third kappa shape index (κ3) is 3.17. The Hall–Kier alpha value is -0.220. The van der Waals surface area contributed by atoms with Gasteiger partial charge in [-0.25, -0.2) is 0 Å². The topological polar surface area (TPSA) is 40.5 Å². The fourth-order valence-electron chi connectivity index (χ4n) is 1.92. The molecule has 0 aromatic carbocycles. The summed E-state index contributed by atoms with van der Waals surface area (Å²) in [6.45, 7) is 6.52. The van der Waals surface area contributed by atoms with Gasteiger partial charge >= 0.3 is 5.97 Å². The van der Waals surface area contributed by atoms with Gasteiger partial charge in [-0.15, -0.1) is 0 Å². The van der Waals surface area contributed by atoms with Gasteiger partial charge in [0, 0.05) is 23.1 Å².